The van der Waals surface area contributed by atoms with Crippen LogP contribution in [0, 0.1) is 0 Å². The minimum atomic E-state index is -4.34. The maximum atomic E-state index is 13.9. The lowest BCUT2D eigenvalue weighted by atomic mass is 10.0. The maximum absolute atomic E-state index is 13.9. The first kappa shape index (κ1) is 37.8. The number of aromatic nitrogens is 3. The second-order valence-electron chi connectivity index (χ2n) is 12.4. The summed E-state index contributed by atoms with van der Waals surface area (Å²) in [5.74, 6) is 0.273. The van der Waals surface area contributed by atoms with Gasteiger partial charge < -0.3 is 10.1 Å². The Labute approximate surface area is 318 Å². The van der Waals surface area contributed by atoms with Crippen molar-refractivity contribution in [2.75, 3.05) is 5.32 Å². The Bertz CT molecular complexity index is 2460. The number of nitrogens with one attached hydrogen (secondary N) is 2. The molecule has 5 aromatic carbocycles. The molecule has 0 radical (unpaired) electrons. The Balaban J connectivity index is 1.25. The van der Waals surface area contributed by atoms with Crippen molar-refractivity contribution in [1.29, 1.82) is 0 Å². The molecular formula is C41H38ClN5O6S. The third kappa shape index (κ3) is 8.62. The summed E-state index contributed by atoms with van der Waals surface area (Å²) in [6.45, 7) is 4.00. The molecule has 13 heteroatoms. The monoisotopic (exact) mass is 763 g/mol. The Hall–Kier alpha value is -5.98. The molecule has 0 aliphatic carbocycles. The molecule has 0 saturated carbocycles. The van der Waals surface area contributed by atoms with Crippen LogP contribution in [0.1, 0.15) is 54.9 Å². The number of hydrogen-bond acceptors (Lipinski definition) is 7. The zero-order valence-corrected chi connectivity index (χ0v) is 31.2. The highest BCUT2D eigenvalue weighted by Gasteiger charge is 2.25. The number of nitrogens with zero attached hydrogens (tertiary/aromatic N) is 3. The number of benzene rings is 5. The first-order valence-corrected chi connectivity index (χ1v) is 19.3. The second kappa shape index (κ2) is 16.8. The summed E-state index contributed by atoms with van der Waals surface area (Å²) in [5.41, 5.74) is 2.26. The van der Waals surface area contributed by atoms with Crippen LogP contribution in [-0.2, 0) is 27.8 Å². The van der Waals surface area contributed by atoms with Crippen LogP contribution < -0.4 is 20.5 Å². The second-order valence-corrected chi connectivity index (χ2v) is 14.5. The van der Waals surface area contributed by atoms with Crippen molar-refractivity contribution in [3.05, 3.63) is 154 Å². The number of rotatable bonds is 14. The number of hydrogen-bond donors (Lipinski definition) is 2. The number of carbonyl (C=O) groups is 2. The molecule has 11 nitrogen and oxygen atoms in total. The average molecular weight is 764 g/mol. The number of carbonyl (C=O) groups excluding carboxylic acids is 2. The lowest BCUT2D eigenvalue weighted by Crippen LogP contribution is -2.31. The molecule has 0 bridgehead atoms. The number of amides is 2. The molecule has 0 aliphatic heterocycles. The maximum Gasteiger partial charge on any atom is 0.351 e. The van der Waals surface area contributed by atoms with Gasteiger partial charge in [-0.3, -0.25) is 14.2 Å². The molecule has 0 atom stereocenters. The van der Waals surface area contributed by atoms with Gasteiger partial charge in [0, 0.05) is 24.1 Å². The van der Waals surface area contributed by atoms with Crippen molar-refractivity contribution >= 4 is 39.1 Å². The van der Waals surface area contributed by atoms with Gasteiger partial charge >= 0.3 is 5.69 Å². The fraction of sp³-hybridized carbons (Fsp3) is 0.171. The van der Waals surface area contributed by atoms with E-state index >= 15 is 0 Å². The minimum Gasteiger partial charge on any atom is -0.457 e. The summed E-state index contributed by atoms with van der Waals surface area (Å²) >= 11 is 6.52. The average Bonchev–Trinajstić information content (AvgIpc) is 3.48. The summed E-state index contributed by atoms with van der Waals surface area (Å²) < 4.78 is 38.4. The molecular weight excluding hydrogens is 726 g/mol. The SMILES string of the molecule is CCCCc1nn(-c2cc(NC(=O)CC)ccc2Cl)c(=O)n1Cc1ccc(-c2ccccc2S(=O)(=O)NC(=O)c2ccccc2Oc2ccccc2)cc1. The normalized spacial score (nSPS) is 11.2. The number of aryl methyl sites for hydroxylation is 1. The first-order chi connectivity index (χ1) is 26.1. The standard InChI is InChI=1S/C41H38ClN5O6S/c1-3-5-19-38-44-47(35-26-30(24-25-34(35)42)43-39(48)4-2)41(50)46(38)27-28-20-22-29(23-21-28)32-15-10-12-18-37(32)54(51,52)45-40(49)33-16-9-11-17-36(33)53-31-13-7-6-8-14-31/h6-18,20-26H,3-5,19,27H2,1-2H3,(H,43,48)(H,45,49). The van der Waals surface area contributed by atoms with Crippen LogP contribution >= 0.6 is 11.6 Å². The quantitative estimate of drug-likeness (QED) is 0.115. The van der Waals surface area contributed by atoms with E-state index in [0.29, 0.717) is 51.9 Å². The fourth-order valence-corrected chi connectivity index (χ4v) is 7.17. The number of sulfonamides is 1. The van der Waals surface area contributed by atoms with E-state index in [9.17, 15) is 22.8 Å². The van der Waals surface area contributed by atoms with Gasteiger partial charge in [-0.25, -0.2) is 17.9 Å². The van der Waals surface area contributed by atoms with Crippen LogP contribution in [0.25, 0.3) is 16.8 Å². The molecule has 0 spiro atoms. The van der Waals surface area contributed by atoms with Crippen molar-refractivity contribution in [1.82, 2.24) is 19.1 Å². The Morgan fingerprint density at radius 3 is 2.30 bits per heavy atom. The van der Waals surface area contributed by atoms with E-state index in [1.165, 1.54) is 16.8 Å². The predicted molar refractivity (Wildman–Crippen MR) is 209 cm³/mol. The van der Waals surface area contributed by atoms with Gasteiger partial charge in [-0.15, -0.1) is 5.10 Å². The van der Waals surface area contributed by atoms with Crippen LogP contribution in [0.3, 0.4) is 0 Å². The topological polar surface area (TPSA) is 141 Å². The van der Waals surface area contributed by atoms with E-state index in [4.69, 9.17) is 16.3 Å². The molecule has 1 aromatic heterocycles. The summed E-state index contributed by atoms with van der Waals surface area (Å²) in [6.07, 6.45) is 2.56. The number of ether oxygens (including phenoxy) is 1. The molecule has 2 amide bonds. The first-order valence-electron chi connectivity index (χ1n) is 17.4. The molecule has 0 fully saturated rings. The summed E-state index contributed by atoms with van der Waals surface area (Å²) in [4.78, 5) is 39.2. The van der Waals surface area contributed by atoms with Gasteiger partial charge in [0.15, 0.2) is 0 Å². The molecule has 2 N–H and O–H groups in total. The van der Waals surface area contributed by atoms with Gasteiger partial charge in [0.05, 0.1) is 27.7 Å². The molecule has 6 aromatic rings. The molecule has 0 saturated heterocycles. The molecule has 6 rings (SSSR count). The highest BCUT2D eigenvalue weighted by atomic mass is 35.5. The smallest absolute Gasteiger partial charge is 0.351 e. The van der Waals surface area contributed by atoms with E-state index in [-0.39, 0.29) is 28.7 Å². The van der Waals surface area contributed by atoms with E-state index in [1.54, 1.807) is 102 Å². The Morgan fingerprint density at radius 1 is 0.852 bits per heavy atom. The lowest BCUT2D eigenvalue weighted by molar-refractivity contribution is -0.115. The summed E-state index contributed by atoms with van der Waals surface area (Å²) in [7, 11) is -4.34. The minimum absolute atomic E-state index is 0.0573. The zero-order valence-electron chi connectivity index (χ0n) is 29.7. The fourth-order valence-electron chi connectivity index (χ4n) is 5.78. The third-order valence-corrected chi connectivity index (χ3v) is 10.3. The van der Waals surface area contributed by atoms with Crippen molar-refractivity contribution < 1.29 is 22.7 Å². The van der Waals surface area contributed by atoms with Crippen LogP contribution in [0.5, 0.6) is 11.5 Å². The lowest BCUT2D eigenvalue weighted by Gasteiger charge is -2.14. The Morgan fingerprint density at radius 2 is 1.56 bits per heavy atom. The van der Waals surface area contributed by atoms with Gasteiger partial charge in [-0.2, -0.15) is 4.68 Å². The van der Waals surface area contributed by atoms with Crippen molar-refractivity contribution in [3.63, 3.8) is 0 Å². The van der Waals surface area contributed by atoms with Gasteiger partial charge in [0.2, 0.25) is 5.91 Å². The van der Waals surface area contributed by atoms with Gasteiger partial charge in [0.25, 0.3) is 15.9 Å². The van der Waals surface area contributed by atoms with E-state index in [2.05, 4.69) is 22.1 Å². The number of halogens is 1. The van der Waals surface area contributed by atoms with Crippen molar-refractivity contribution in [2.24, 2.45) is 0 Å². The van der Waals surface area contributed by atoms with Crippen LogP contribution in [0.15, 0.2) is 131 Å². The van der Waals surface area contributed by atoms with Crippen LogP contribution in [-0.4, -0.2) is 34.6 Å². The zero-order chi connectivity index (χ0) is 38.2. The molecule has 0 aliphatic rings. The van der Waals surface area contributed by atoms with Gasteiger partial charge in [0.1, 0.15) is 17.3 Å². The van der Waals surface area contributed by atoms with E-state index in [0.717, 1.165) is 18.4 Å². The molecule has 0 unspecified atom stereocenters. The van der Waals surface area contributed by atoms with Gasteiger partial charge in [-0.05, 0) is 66.1 Å². The highest BCUT2D eigenvalue weighted by Crippen LogP contribution is 2.30. The van der Waals surface area contributed by atoms with E-state index < -0.39 is 21.6 Å². The van der Waals surface area contributed by atoms with E-state index in [1.807, 2.05) is 18.2 Å². The van der Waals surface area contributed by atoms with Gasteiger partial charge in [-0.1, -0.05) is 105 Å². The predicted octanol–water partition coefficient (Wildman–Crippen LogP) is 8.00. The summed E-state index contributed by atoms with van der Waals surface area (Å²) in [5, 5.41) is 7.75. The molecule has 54 heavy (non-hydrogen) atoms. The van der Waals surface area contributed by atoms with Crippen molar-refractivity contribution in [2.45, 2.75) is 51.0 Å². The molecule has 276 valence electrons. The highest BCUT2D eigenvalue weighted by molar-refractivity contribution is 7.90. The van der Waals surface area contributed by atoms with Crippen LogP contribution in [0.2, 0.25) is 5.02 Å². The summed E-state index contributed by atoms with van der Waals surface area (Å²) in [6, 6.07) is 33.8. The third-order valence-electron chi connectivity index (χ3n) is 8.58. The number of para-hydroxylation sites is 2. The van der Waals surface area contributed by atoms with Crippen LogP contribution in [0.4, 0.5) is 5.69 Å². The Kier molecular flexibility index (Phi) is 11.7. The number of anilines is 1. The molecule has 1 heterocycles. The van der Waals surface area contributed by atoms with Crippen molar-refractivity contribution in [3.8, 4) is 28.3 Å². The number of unbranched alkanes of at least 4 members (excludes halogenated alkanes) is 1. The largest absolute Gasteiger partial charge is 0.457 e.